The first kappa shape index (κ1) is 23.6. The van der Waals surface area contributed by atoms with Crippen LogP contribution in [0.1, 0.15) is 11.6 Å². The fraction of sp³-hybridized carbons (Fsp3) is 0.571. The average Bonchev–Trinajstić information content (AvgIpc) is 2.48. The first-order chi connectivity index (χ1) is 10.4. The van der Waals surface area contributed by atoms with E-state index in [9.17, 15) is 13.2 Å². The second-order valence-electron chi connectivity index (χ2n) is 4.96. The molecule has 0 radical (unpaired) electrons. The van der Waals surface area contributed by atoms with Gasteiger partial charge in [-0.3, -0.25) is 4.90 Å². The highest BCUT2D eigenvalue weighted by Gasteiger charge is 2.46. The highest BCUT2D eigenvalue weighted by molar-refractivity contribution is 9.10. The van der Waals surface area contributed by atoms with Crippen LogP contribution in [0.25, 0.3) is 0 Å². The summed E-state index contributed by atoms with van der Waals surface area (Å²) in [4.78, 5) is 1.43. The van der Waals surface area contributed by atoms with Crippen molar-refractivity contribution in [2.24, 2.45) is 0 Å². The minimum atomic E-state index is -4.38. The second-order valence-corrected chi connectivity index (χ2v) is 5.81. The molecule has 2 rings (SSSR count). The van der Waals surface area contributed by atoms with E-state index in [0.717, 1.165) is 0 Å². The molecule has 1 atom stereocenters. The standard InChI is InChI=1S/C14H18BrF3N2O2.2ClH/c1-21-11-7-9(10(15)8-12(11)22-2)13(14(16,17)18)20-5-3-19-4-6-20;;/h7-8,13,19H,3-6H2,1-2H3;2*1H/t13-;;/m0../s1. The lowest BCUT2D eigenvalue weighted by atomic mass is 10.0. The maximum atomic E-state index is 13.6. The lowest BCUT2D eigenvalue weighted by molar-refractivity contribution is -0.188. The monoisotopic (exact) mass is 454 g/mol. The number of piperazine rings is 1. The van der Waals surface area contributed by atoms with Crippen LogP contribution in [0.3, 0.4) is 0 Å². The van der Waals surface area contributed by atoms with Crippen LogP contribution in [0.5, 0.6) is 11.5 Å². The van der Waals surface area contributed by atoms with Crippen molar-refractivity contribution in [1.29, 1.82) is 0 Å². The maximum absolute atomic E-state index is 13.6. The summed E-state index contributed by atoms with van der Waals surface area (Å²) in [7, 11) is 2.85. The van der Waals surface area contributed by atoms with Crippen LogP contribution in [0.4, 0.5) is 13.2 Å². The molecule has 1 aromatic carbocycles. The van der Waals surface area contributed by atoms with E-state index in [1.807, 2.05) is 0 Å². The SMILES string of the molecule is COc1cc(Br)c([C@H](N2CCNCC2)C(F)(F)F)cc1OC.Cl.Cl. The molecule has 0 saturated carbocycles. The Morgan fingerprint density at radius 1 is 1.08 bits per heavy atom. The van der Waals surface area contributed by atoms with Crippen molar-refractivity contribution in [3.8, 4) is 11.5 Å². The molecule has 1 aliphatic heterocycles. The Kier molecular flexibility index (Phi) is 9.74. The van der Waals surface area contributed by atoms with Gasteiger partial charge in [0.05, 0.1) is 14.2 Å². The van der Waals surface area contributed by atoms with E-state index >= 15 is 0 Å². The molecule has 10 heteroatoms. The Bertz CT molecular complexity index is 529. The number of rotatable bonds is 4. The Morgan fingerprint density at radius 2 is 1.58 bits per heavy atom. The summed E-state index contributed by atoms with van der Waals surface area (Å²) in [6.45, 7) is 1.75. The van der Waals surface area contributed by atoms with E-state index in [1.165, 1.54) is 31.3 Å². The van der Waals surface area contributed by atoms with Gasteiger partial charge >= 0.3 is 6.18 Å². The third-order valence-electron chi connectivity index (χ3n) is 3.62. The molecule has 1 aliphatic rings. The van der Waals surface area contributed by atoms with E-state index in [-0.39, 0.29) is 36.1 Å². The molecule has 1 heterocycles. The normalized spacial score (nSPS) is 16.6. The molecule has 24 heavy (non-hydrogen) atoms. The van der Waals surface area contributed by atoms with Crippen LogP contribution in [-0.4, -0.2) is 51.5 Å². The summed E-state index contributed by atoms with van der Waals surface area (Å²) in [5, 5.41) is 3.06. The number of halogens is 6. The highest BCUT2D eigenvalue weighted by Crippen LogP contribution is 2.44. The van der Waals surface area contributed by atoms with Crippen molar-refractivity contribution in [2.45, 2.75) is 12.2 Å². The van der Waals surface area contributed by atoms with Gasteiger partial charge in [-0.15, -0.1) is 24.8 Å². The largest absolute Gasteiger partial charge is 0.493 e. The second kappa shape index (κ2) is 9.91. The molecular weight excluding hydrogens is 436 g/mol. The molecule has 1 fully saturated rings. The van der Waals surface area contributed by atoms with E-state index in [2.05, 4.69) is 21.2 Å². The van der Waals surface area contributed by atoms with Crippen LogP contribution in [-0.2, 0) is 0 Å². The van der Waals surface area contributed by atoms with Gasteiger partial charge in [-0.25, -0.2) is 0 Å². The fourth-order valence-corrected chi connectivity index (χ4v) is 3.14. The molecule has 4 nitrogen and oxygen atoms in total. The number of hydrogen-bond acceptors (Lipinski definition) is 4. The van der Waals surface area contributed by atoms with Gasteiger partial charge in [0.25, 0.3) is 0 Å². The average molecular weight is 456 g/mol. The summed E-state index contributed by atoms with van der Waals surface area (Å²) >= 11 is 3.23. The minimum Gasteiger partial charge on any atom is -0.493 e. The zero-order valence-electron chi connectivity index (χ0n) is 13.2. The number of methoxy groups -OCH3 is 2. The zero-order valence-corrected chi connectivity index (χ0v) is 16.4. The summed E-state index contributed by atoms with van der Waals surface area (Å²) < 4.78 is 51.5. The van der Waals surface area contributed by atoms with Gasteiger partial charge < -0.3 is 14.8 Å². The van der Waals surface area contributed by atoms with Crippen LogP contribution >= 0.6 is 40.7 Å². The molecule has 0 unspecified atom stereocenters. The molecule has 0 aliphatic carbocycles. The van der Waals surface area contributed by atoms with Gasteiger partial charge in [0.1, 0.15) is 6.04 Å². The predicted molar refractivity (Wildman–Crippen MR) is 95.0 cm³/mol. The lowest BCUT2D eigenvalue weighted by Crippen LogP contribution is -2.49. The zero-order chi connectivity index (χ0) is 16.3. The Morgan fingerprint density at radius 3 is 2.04 bits per heavy atom. The molecule has 0 amide bonds. The van der Waals surface area contributed by atoms with Gasteiger partial charge in [-0.05, 0) is 17.7 Å². The van der Waals surface area contributed by atoms with Gasteiger partial charge in [-0.1, -0.05) is 15.9 Å². The van der Waals surface area contributed by atoms with Crippen LogP contribution in [0.15, 0.2) is 16.6 Å². The minimum absolute atomic E-state index is 0. The topological polar surface area (TPSA) is 33.7 Å². The number of nitrogens with zero attached hydrogens (tertiary/aromatic N) is 1. The van der Waals surface area contributed by atoms with Crippen molar-refractivity contribution in [1.82, 2.24) is 10.2 Å². The van der Waals surface area contributed by atoms with Gasteiger partial charge in [0.15, 0.2) is 11.5 Å². The Balaban J connectivity index is 0.00000264. The number of nitrogens with one attached hydrogen (secondary N) is 1. The summed E-state index contributed by atoms with van der Waals surface area (Å²) in [6, 6.07) is 1.22. The number of ether oxygens (including phenoxy) is 2. The third-order valence-corrected chi connectivity index (χ3v) is 4.31. The molecule has 1 saturated heterocycles. The van der Waals surface area contributed by atoms with Crippen LogP contribution in [0, 0.1) is 0 Å². The molecule has 0 bridgehead atoms. The van der Waals surface area contributed by atoms with Crippen LogP contribution < -0.4 is 14.8 Å². The first-order valence-corrected chi connectivity index (χ1v) is 7.60. The van der Waals surface area contributed by atoms with Gasteiger partial charge in [0, 0.05) is 30.7 Å². The van der Waals surface area contributed by atoms with E-state index in [4.69, 9.17) is 9.47 Å². The number of hydrogen-bond donors (Lipinski definition) is 1. The quantitative estimate of drug-likeness (QED) is 0.748. The van der Waals surface area contributed by atoms with Gasteiger partial charge in [-0.2, -0.15) is 13.2 Å². The summed E-state index contributed by atoms with van der Waals surface area (Å²) in [5.74, 6) is 0.671. The molecule has 0 aromatic heterocycles. The Labute approximate surface area is 160 Å². The lowest BCUT2D eigenvalue weighted by Gasteiger charge is -2.36. The van der Waals surface area contributed by atoms with Crippen molar-refractivity contribution in [3.05, 3.63) is 22.2 Å². The van der Waals surface area contributed by atoms with E-state index in [1.54, 1.807) is 0 Å². The first-order valence-electron chi connectivity index (χ1n) is 6.81. The third kappa shape index (κ3) is 5.29. The highest BCUT2D eigenvalue weighted by atomic mass is 79.9. The number of benzene rings is 1. The van der Waals surface area contributed by atoms with Crippen molar-refractivity contribution >= 4 is 40.7 Å². The fourth-order valence-electron chi connectivity index (χ4n) is 2.60. The molecule has 0 spiro atoms. The van der Waals surface area contributed by atoms with Crippen molar-refractivity contribution in [2.75, 3.05) is 40.4 Å². The summed E-state index contributed by atoms with van der Waals surface area (Å²) in [5.41, 5.74) is 0.132. The predicted octanol–water partition coefficient (Wildman–Crippen LogP) is 3.82. The molecular formula is C14H20BrCl2F3N2O2. The van der Waals surface area contributed by atoms with Crippen LogP contribution in [0.2, 0.25) is 0 Å². The van der Waals surface area contributed by atoms with E-state index in [0.29, 0.717) is 36.4 Å². The molecule has 140 valence electrons. The van der Waals surface area contributed by atoms with Crippen molar-refractivity contribution < 1.29 is 22.6 Å². The van der Waals surface area contributed by atoms with E-state index < -0.39 is 12.2 Å². The molecule has 1 N–H and O–H groups in total. The van der Waals surface area contributed by atoms with Crippen molar-refractivity contribution in [3.63, 3.8) is 0 Å². The Hall–Kier alpha value is -0.410. The maximum Gasteiger partial charge on any atom is 0.408 e. The molecule has 1 aromatic rings. The summed E-state index contributed by atoms with van der Waals surface area (Å²) in [6.07, 6.45) is -4.38. The number of alkyl halides is 3. The smallest absolute Gasteiger partial charge is 0.408 e. The van der Waals surface area contributed by atoms with Gasteiger partial charge in [0.2, 0.25) is 0 Å².